The lowest BCUT2D eigenvalue weighted by atomic mass is 10.1. The van der Waals surface area contributed by atoms with Gasteiger partial charge in [-0.05, 0) is 35.0 Å². The molecule has 2 unspecified atom stereocenters. The van der Waals surface area contributed by atoms with Gasteiger partial charge in [-0.3, -0.25) is 4.79 Å². The molecule has 1 heterocycles. The Bertz CT molecular complexity index is 486. The Morgan fingerprint density at radius 1 is 1.63 bits per heavy atom. The molecule has 1 aromatic carbocycles. The molecule has 0 aromatic heterocycles. The number of carbonyl (C=O) groups excluding carboxylic acids is 1. The Labute approximate surface area is 124 Å². The van der Waals surface area contributed by atoms with E-state index >= 15 is 0 Å². The number of rotatable bonds is 2. The van der Waals surface area contributed by atoms with Gasteiger partial charge >= 0.3 is 0 Å². The molecule has 0 saturated carbocycles. The molecule has 1 aromatic rings. The van der Waals surface area contributed by atoms with Crippen LogP contribution in [0, 0.1) is 5.82 Å². The highest BCUT2D eigenvalue weighted by molar-refractivity contribution is 9.10. The largest absolute Gasteiger partial charge is 0.373 e. The predicted molar refractivity (Wildman–Crippen MR) is 75.1 cm³/mol. The number of morpholine rings is 1. The van der Waals surface area contributed by atoms with Gasteiger partial charge < -0.3 is 9.64 Å². The van der Waals surface area contributed by atoms with Gasteiger partial charge in [0.1, 0.15) is 5.82 Å². The predicted octanol–water partition coefficient (Wildman–Crippen LogP) is 3.06. The van der Waals surface area contributed by atoms with E-state index in [4.69, 9.17) is 16.3 Å². The topological polar surface area (TPSA) is 29.5 Å². The van der Waals surface area contributed by atoms with Crippen molar-refractivity contribution in [2.24, 2.45) is 0 Å². The quantitative estimate of drug-likeness (QED) is 0.767. The van der Waals surface area contributed by atoms with E-state index in [2.05, 4.69) is 15.9 Å². The molecule has 0 spiro atoms. The van der Waals surface area contributed by atoms with Gasteiger partial charge in [0, 0.05) is 6.54 Å². The first-order chi connectivity index (χ1) is 9.04. The minimum atomic E-state index is -0.534. The van der Waals surface area contributed by atoms with Crippen molar-refractivity contribution in [1.29, 1.82) is 0 Å². The molecule has 104 valence electrons. The van der Waals surface area contributed by atoms with E-state index in [1.54, 1.807) is 17.0 Å². The minimum Gasteiger partial charge on any atom is -0.373 e. The lowest BCUT2D eigenvalue weighted by Gasteiger charge is -2.37. The van der Waals surface area contributed by atoms with Crippen LogP contribution in [0.2, 0.25) is 0 Å². The van der Waals surface area contributed by atoms with Crippen molar-refractivity contribution in [1.82, 2.24) is 4.90 Å². The lowest BCUT2D eigenvalue weighted by molar-refractivity contribution is -0.0373. The molecular formula is C13H14BrClFNO2. The van der Waals surface area contributed by atoms with Crippen molar-refractivity contribution in [3.63, 3.8) is 0 Å². The van der Waals surface area contributed by atoms with Gasteiger partial charge in [0.2, 0.25) is 0 Å². The Balaban J connectivity index is 2.24. The number of halogens is 3. The summed E-state index contributed by atoms with van der Waals surface area (Å²) < 4.78 is 19.7. The summed E-state index contributed by atoms with van der Waals surface area (Å²) in [6, 6.07) is 4.60. The number of hydrogen-bond donors (Lipinski definition) is 0. The third-order valence-corrected chi connectivity index (χ3v) is 4.08. The summed E-state index contributed by atoms with van der Waals surface area (Å²) in [7, 11) is 0. The fraction of sp³-hybridized carbons (Fsp3) is 0.462. The van der Waals surface area contributed by atoms with Gasteiger partial charge in [0.15, 0.2) is 0 Å². The third kappa shape index (κ3) is 3.09. The van der Waals surface area contributed by atoms with Crippen molar-refractivity contribution >= 4 is 33.4 Å². The number of alkyl halides is 1. The molecule has 0 N–H and O–H groups in total. The lowest BCUT2D eigenvalue weighted by Crippen LogP contribution is -2.51. The molecule has 1 fully saturated rings. The van der Waals surface area contributed by atoms with E-state index in [-0.39, 0.29) is 28.1 Å². The number of hydrogen-bond acceptors (Lipinski definition) is 2. The van der Waals surface area contributed by atoms with Crippen molar-refractivity contribution in [3.8, 4) is 0 Å². The van der Waals surface area contributed by atoms with Gasteiger partial charge in [-0.15, -0.1) is 11.6 Å². The van der Waals surface area contributed by atoms with Gasteiger partial charge in [-0.2, -0.15) is 0 Å². The van der Waals surface area contributed by atoms with Crippen molar-refractivity contribution in [3.05, 3.63) is 34.1 Å². The fourth-order valence-corrected chi connectivity index (χ4v) is 2.57. The van der Waals surface area contributed by atoms with Crippen LogP contribution in [-0.4, -0.2) is 42.0 Å². The number of nitrogens with zero attached hydrogens (tertiary/aromatic N) is 1. The van der Waals surface area contributed by atoms with E-state index in [1.807, 2.05) is 6.92 Å². The van der Waals surface area contributed by atoms with E-state index in [1.165, 1.54) is 6.07 Å². The van der Waals surface area contributed by atoms with E-state index in [9.17, 15) is 9.18 Å². The maximum atomic E-state index is 14.0. The Kier molecular flexibility index (Phi) is 4.81. The Morgan fingerprint density at radius 2 is 2.37 bits per heavy atom. The molecule has 0 aliphatic carbocycles. The van der Waals surface area contributed by atoms with Crippen LogP contribution in [0.25, 0.3) is 0 Å². The minimum absolute atomic E-state index is 0.0662. The van der Waals surface area contributed by atoms with E-state index in [0.29, 0.717) is 19.0 Å². The second kappa shape index (κ2) is 6.20. The molecular weight excluding hydrogens is 337 g/mol. The summed E-state index contributed by atoms with van der Waals surface area (Å²) in [5, 5.41) is 0. The first-order valence-electron chi connectivity index (χ1n) is 5.97. The zero-order valence-corrected chi connectivity index (χ0v) is 12.7. The monoisotopic (exact) mass is 349 g/mol. The molecule has 1 amide bonds. The van der Waals surface area contributed by atoms with Crippen LogP contribution in [0.5, 0.6) is 0 Å². The van der Waals surface area contributed by atoms with Crippen LogP contribution >= 0.6 is 27.5 Å². The highest BCUT2D eigenvalue weighted by atomic mass is 79.9. The molecule has 2 atom stereocenters. The number of benzene rings is 1. The van der Waals surface area contributed by atoms with Crippen molar-refractivity contribution < 1.29 is 13.9 Å². The molecule has 2 rings (SSSR count). The van der Waals surface area contributed by atoms with Crippen LogP contribution in [0.4, 0.5) is 4.39 Å². The molecule has 1 aliphatic rings. The van der Waals surface area contributed by atoms with E-state index in [0.717, 1.165) is 0 Å². The Morgan fingerprint density at radius 3 is 3.05 bits per heavy atom. The van der Waals surface area contributed by atoms with Gasteiger partial charge in [0.05, 0.1) is 34.7 Å². The molecule has 19 heavy (non-hydrogen) atoms. The summed E-state index contributed by atoms with van der Waals surface area (Å²) in [6.45, 7) is 2.67. The van der Waals surface area contributed by atoms with Crippen LogP contribution in [-0.2, 0) is 4.74 Å². The second-order valence-corrected chi connectivity index (χ2v) is 5.68. The summed E-state index contributed by atoms with van der Waals surface area (Å²) in [5.41, 5.74) is 0.0662. The molecule has 6 heteroatoms. The number of carbonyl (C=O) groups is 1. The first kappa shape index (κ1) is 14.8. The van der Waals surface area contributed by atoms with Crippen LogP contribution in [0.3, 0.4) is 0 Å². The average Bonchev–Trinajstić information content (AvgIpc) is 2.42. The zero-order chi connectivity index (χ0) is 14.0. The maximum Gasteiger partial charge on any atom is 0.257 e. The summed E-state index contributed by atoms with van der Waals surface area (Å²) >= 11 is 8.84. The molecule has 3 nitrogen and oxygen atoms in total. The van der Waals surface area contributed by atoms with Gasteiger partial charge in [0.25, 0.3) is 5.91 Å². The SMILES string of the molecule is CC1COC(CCl)CN1C(=O)c1cccc(Br)c1F. The summed E-state index contributed by atoms with van der Waals surface area (Å²) in [4.78, 5) is 14.0. The summed E-state index contributed by atoms with van der Waals surface area (Å²) in [6.07, 6.45) is -0.197. The van der Waals surface area contributed by atoms with E-state index < -0.39 is 5.82 Å². The van der Waals surface area contributed by atoms with Crippen LogP contribution in [0.15, 0.2) is 22.7 Å². The van der Waals surface area contributed by atoms with Gasteiger partial charge in [-0.25, -0.2) is 4.39 Å². The summed E-state index contributed by atoms with van der Waals surface area (Å²) in [5.74, 6) is -0.546. The number of ether oxygens (including phenoxy) is 1. The molecule has 1 saturated heterocycles. The highest BCUT2D eigenvalue weighted by Crippen LogP contribution is 2.22. The normalized spacial score (nSPS) is 23.5. The fourth-order valence-electron chi connectivity index (χ4n) is 2.02. The molecule has 0 bridgehead atoms. The smallest absolute Gasteiger partial charge is 0.257 e. The number of amides is 1. The Hall–Kier alpha value is -0.650. The van der Waals surface area contributed by atoms with Crippen molar-refractivity contribution in [2.45, 2.75) is 19.1 Å². The second-order valence-electron chi connectivity index (χ2n) is 4.52. The highest BCUT2D eigenvalue weighted by Gasteiger charge is 2.31. The maximum absolute atomic E-state index is 14.0. The first-order valence-corrected chi connectivity index (χ1v) is 7.30. The average molecular weight is 351 g/mol. The zero-order valence-electron chi connectivity index (χ0n) is 10.4. The van der Waals surface area contributed by atoms with Crippen molar-refractivity contribution in [2.75, 3.05) is 19.0 Å². The third-order valence-electron chi connectivity index (χ3n) is 3.12. The standard InChI is InChI=1S/C13H14BrClFNO2/c1-8-7-19-9(5-15)6-17(8)13(18)10-3-2-4-11(14)12(10)16/h2-4,8-9H,5-7H2,1H3. The molecule has 1 aliphatic heterocycles. The van der Waals surface area contributed by atoms with Crippen LogP contribution in [0.1, 0.15) is 17.3 Å². The van der Waals surface area contributed by atoms with Crippen LogP contribution < -0.4 is 0 Å². The van der Waals surface area contributed by atoms with Gasteiger partial charge in [-0.1, -0.05) is 6.07 Å². The molecule has 0 radical (unpaired) electrons.